The summed E-state index contributed by atoms with van der Waals surface area (Å²) in [7, 11) is 0. The highest BCUT2D eigenvalue weighted by Gasteiger charge is 2.26. The van der Waals surface area contributed by atoms with Crippen LogP contribution in [0.15, 0.2) is 9.95 Å². The van der Waals surface area contributed by atoms with Crippen LogP contribution in [-0.4, -0.2) is 79.9 Å². The SMILES string of the molecule is CCOC(=O)N1CCN(C(=O)CSc2nnc3[nH]c(=O)c4c(n23)CCCC4)CC1. The number of carbonyl (C=O) groups excluding carboxylic acids is 2. The van der Waals surface area contributed by atoms with E-state index in [1.807, 2.05) is 4.40 Å². The summed E-state index contributed by atoms with van der Waals surface area (Å²) in [4.78, 5) is 42.8. The molecule has 2 aromatic rings. The van der Waals surface area contributed by atoms with Crippen LogP contribution in [0.25, 0.3) is 5.78 Å². The van der Waals surface area contributed by atoms with E-state index >= 15 is 0 Å². The molecule has 11 heteroatoms. The molecule has 10 nitrogen and oxygen atoms in total. The Morgan fingerprint density at radius 3 is 2.59 bits per heavy atom. The van der Waals surface area contributed by atoms with Gasteiger partial charge >= 0.3 is 6.09 Å². The van der Waals surface area contributed by atoms with Crippen LogP contribution in [0.4, 0.5) is 4.79 Å². The Kier molecular flexibility index (Phi) is 5.74. The molecule has 0 aromatic carbocycles. The van der Waals surface area contributed by atoms with Crippen molar-refractivity contribution in [2.24, 2.45) is 0 Å². The van der Waals surface area contributed by atoms with Gasteiger partial charge in [0.25, 0.3) is 5.56 Å². The first-order valence-corrected chi connectivity index (χ1v) is 10.9. The minimum Gasteiger partial charge on any atom is -0.450 e. The zero-order valence-electron chi connectivity index (χ0n) is 16.3. The molecule has 0 radical (unpaired) electrons. The fourth-order valence-corrected chi connectivity index (χ4v) is 4.68. The predicted molar refractivity (Wildman–Crippen MR) is 106 cm³/mol. The largest absolute Gasteiger partial charge is 0.450 e. The van der Waals surface area contributed by atoms with Gasteiger partial charge in [-0.25, -0.2) is 4.79 Å². The second kappa shape index (κ2) is 8.44. The smallest absolute Gasteiger partial charge is 0.409 e. The number of hydrogen-bond acceptors (Lipinski definition) is 7. The lowest BCUT2D eigenvalue weighted by atomic mass is 9.97. The summed E-state index contributed by atoms with van der Waals surface area (Å²) in [5.41, 5.74) is 1.66. The van der Waals surface area contributed by atoms with Gasteiger partial charge in [0.2, 0.25) is 11.7 Å². The van der Waals surface area contributed by atoms with Crippen molar-refractivity contribution < 1.29 is 14.3 Å². The van der Waals surface area contributed by atoms with E-state index in [0.29, 0.717) is 43.7 Å². The Hall–Kier alpha value is -2.56. The molecule has 1 N–H and O–H groups in total. The molecule has 1 aliphatic heterocycles. The summed E-state index contributed by atoms with van der Waals surface area (Å²) in [5, 5.41) is 8.88. The van der Waals surface area contributed by atoms with Crippen LogP contribution in [0.5, 0.6) is 0 Å². The molecule has 4 rings (SSSR count). The highest BCUT2D eigenvalue weighted by molar-refractivity contribution is 7.99. The lowest BCUT2D eigenvalue weighted by molar-refractivity contribution is -0.129. The molecule has 1 saturated heterocycles. The maximum Gasteiger partial charge on any atom is 0.409 e. The first kappa shape index (κ1) is 19.7. The zero-order valence-corrected chi connectivity index (χ0v) is 17.2. The number of carbonyl (C=O) groups is 2. The summed E-state index contributed by atoms with van der Waals surface area (Å²) in [6.45, 7) is 4.03. The van der Waals surface area contributed by atoms with E-state index in [4.69, 9.17) is 4.74 Å². The Morgan fingerprint density at radius 1 is 1.10 bits per heavy atom. The maximum absolute atomic E-state index is 12.6. The number of nitrogens with one attached hydrogen (secondary N) is 1. The normalized spacial score (nSPS) is 16.7. The highest BCUT2D eigenvalue weighted by atomic mass is 32.2. The van der Waals surface area contributed by atoms with Crippen LogP contribution in [0.2, 0.25) is 0 Å². The third-order valence-corrected chi connectivity index (χ3v) is 6.24. The standard InChI is InChI=1S/C18H24N6O4S/c1-2-28-18(27)23-9-7-22(8-10-23)14(25)11-29-17-21-20-16-19-15(26)12-5-3-4-6-13(12)24(16)17/h2-11H2,1H3,(H,19,20,26). The van der Waals surface area contributed by atoms with Gasteiger partial charge in [-0.15, -0.1) is 10.2 Å². The molecule has 2 aliphatic rings. The first-order valence-electron chi connectivity index (χ1n) is 9.90. The van der Waals surface area contributed by atoms with Gasteiger partial charge in [-0.2, -0.15) is 0 Å². The maximum atomic E-state index is 12.6. The lowest BCUT2D eigenvalue weighted by Gasteiger charge is -2.34. The molecule has 2 aromatic heterocycles. The number of thioether (sulfide) groups is 1. The Morgan fingerprint density at radius 2 is 1.83 bits per heavy atom. The molecule has 0 bridgehead atoms. The fourth-order valence-electron chi connectivity index (χ4n) is 3.82. The number of aryl methyl sites for hydroxylation is 1. The van der Waals surface area contributed by atoms with E-state index in [9.17, 15) is 14.4 Å². The summed E-state index contributed by atoms with van der Waals surface area (Å²) >= 11 is 1.32. The van der Waals surface area contributed by atoms with E-state index in [2.05, 4.69) is 15.2 Å². The van der Waals surface area contributed by atoms with Crippen molar-refractivity contribution in [3.8, 4) is 0 Å². The van der Waals surface area contributed by atoms with Crippen molar-refractivity contribution in [1.29, 1.82) is 0 Å². The second-order valence-corrected chi connectivity index (χ2v) is 8.03. The Balaban J connectivity index is 1.41. The summed E-state index contributed by atoms with van der Waals surface area (Å²) in [6.07, 6.45) is 3.26. The van der Waals surface area contributed by atoms with Gasteiger partial charge < -0.3 is 14.5 Å². The number of aromatic amines is 1. The van der Waals surface area contributed by atoms with E-state index in [-0.39, 0.29) is 23.3 Å². The van der Waals surface area contributed by atoms with Crippen LogP contribution >= 0.6 is 11.8 Å². The molecule has 0 unspecified atom stereocenters. The van der Waals surface area contributed by atoms with Gasteiger partial charge in [0.1, 0.15) is 0 Å². The minimum atomic E-state index is -0.331. The summed E-state index contributed by atoms with van der Waals surface area (Å²) in [5.74, 6) is 0.649. The number of aromatic nitrogens is 4. The van der Waals surface area contributed by atoms with Crippen molar-refractivity contribution in [3.63, 3.8) is 0 Å². The Bertz CT molecular complexity index is 979. The number of H-pyrrole nitrogens is 1. The molecule has 0 spiro atoms. The van der Waals surface area contributed by atoms with Crippen LogP contribution < -0.4 is 5.56 Å². The molecule has 0 saturated carbocycles. The molecular weight excluding hydrogens is 396 g/mol. The molecule has 0 atom stereocenters. The average Bonchev–Trinajstić information content (AvgIpc) is 3.15. The quantitative estimate of drug-likeness (QED) is 0.724. The lowest BCUT2D eigenvalue weighted by Crippen LogP contribution is -2.51. The van der Waals surface area contributed by atoms with E-state index in [1.54, 1.807) is 16.7 Å². The molecule has 3 heterocycles. The number of hydrogen-bond donors (Lipinski definition) is 1. The van der Waals surface area contributed by atoms with E-state index < -0.39 is 0 Å². The third kappa shape index (κ3) is 3.96. The van der Waals surface area contributed by atoms with E-state index in [0.717, 1.165) is 36.9 Å². The van der Waals surface area contributed by atoms with Crippen LogP contribution in [0.3, 0.4) is 0 Å². The number of rotatable bonds is 4. The number of piperazine rings is 1. The number of nitrogens with zero attached hydrogens (tertiary/aromatic N) is 5. The molecule has 2 amide bonds. The fraction of sp³-hybridized carbons (Fsp3) is 0.611. The van der Waals surface area contributed by atoms with Crippen molar-refractivity contribution in [1.82, 2.24) is 29.4 Å². The molecule has 156 valence electrons. The number of ether oxygens (including phenoxy) is 1. The van der Waals surface area contributed by atoms with Crippen LogP contribution in [0, 0.1) is 0 Å². The van der Waals surface area contributed by atoms with Crippen molar-refractivity contribution in [2.45, 2.75) is 37.8 Å². The summed E-state index contributed by atoms with van der Waals surface area (Å²) in [6, 6.07) is 0. The first-order chi connectivity index (χ1) is 14.1. The van der Waals surface area contributed by atoms with Gasteiger partial charge in [0.15, 0.2) is 5.16 Å². The monoisotopic (exact) mass is 420 g/mol. The van der Waals surface area contributed by atoms with Gasteiger partial charge in [0.05, 0.1) is 12.4 Å². The van der Waals surface area contributed by atoms with Crippen molar-refractivity contribution >= 4 is 29.5 Å². The minimum absolute atomic E-state index is 0.00597. The van der Waals surface area contributed by atoms with Gasteiger partial charge in [-0.1, -0.05) is 11.8 Å². The third-order valence-electron chi connectivity index (χ3n) is 5.32. The summed E-state index contributed by atoms with van der Waals surface area (Å²) < 4.78 is 6.89. The average molecular weight is 420 g/mol. The molecule has 1 fully saturated rings. The van der Waals surface area contributed by atoms with Crippen molar-refractivity contribution in [2.75, 3.05) is 38.5 Å². The molecule has 29 heavy (non-hydrogen) atoms. The van der Waals surface area contributed by atoms with Gasteiger partial charge in [0, 0.05) is 37.4 Å². The topological polar surface area (TPSA) is 113 Å². The number of amides is 2. The Labute approximate surface area is 171 Å². The highest BCUT2D eigenvalue weighted by Crippen LogP contribution is 2.24. The van der Waals surface area contributed by atoms with Gasteiger partial charge in [-0.05, 0) is 32.6 Å². The molecule has 1 aliphatic carbocycles. The zero-order chi connectivity index (χ0) is 20.4. The number of fused-ring (bicyclic) bond motifs is 3. The van der Waals surface area contributed by atoms with Crippen LogP contribution in [0.1, 0.15) is 31.0 Å². The van der Waals surface area contributed by atoms with Crippen molar-refractivity contribution in [3.05, 3.63) is 21.6 Å². The second-order valence-electron chi connectivity index (χ2n) is 7.08. The predicted octanol–water partition coefficient (Wildman–Crippen LogP) is 0.689. The molecular formula is C18H24N6O4S. The van der Waals surface area contributed by atoms with Gasteiger partial charge in [-0.3, -0.25) is 19.0 Å². The van der Waals surface area contributed by atoms with E-state index in [1.165, 1.54) is 11.8 Å². The van der Waals surface area contributed by atoms with Crippen LogP contribution in [-0.2, 0) is 22.4 Å².